The maximum atomic E-state index is 2.69. The molecule has 1 aromatic heterocycles. The molecule has 13 aromatic rings. The van der Waals surface area contributed by atoms with E-state index in [4.69, 9.17) is 0 Å². The van der Waals surface area contributed by atoms with E-state index in [2.05, 4.69) is 310 Å². The molecule has 0 radical (unpaired) electrons. The van der Waals surface area contributed by atoms with Crippen molar-refractivity contribution in [2.75, 3.05) is 0 Å². The highest BCUT2D eigenvalue weighted by Crippen LogP contribution is 2.62. The van der Waals surface area contributed by atoms with E-state index in [1.54, 1.807) is 44.5 Å². The van der Waals surface area contributed by atoms with Gasteiger partial charge in [0.2, 0.25) is 0 Å². The third kappa shape index (κ3) is 16.9. The van der Waals surface area contributed by atoms with Crippen LogP contribution >= 0.6 is 11.3 Å². The van der Waals surface area contributed by atoms with E-state index in [1.165, 1.54) is 411 Å². The van der Waals surface area contributed by atoms with Crippen molar-refractivity contribution in [1.29, 1.82) is 0 Å². The SMILES string of the molecule is CCCCCCC1(CCCCCC)c2ccccc2-c2ccc(-c3ccc4c(c3)C(=c3ccc(=C5c6cc(-c7ccc8c(c7)C(CCCCCC)(CCCCCC)c7ccccc7-8)ccc6-c6ccc(-c7ccc8c(c7)C(CCCCCC)(CCCCCC)c7ccccc7-8)cc65)s3)c3cc(-c5ccc6c(c5)C(CCCCCC)(CCCCCC)c5ccccc5-6)ccc3-4)cc21. The van der Waals surface area contributed by atoms with Gasteiger partial charge in [0.15, 0.2) is 0 Å². The fraction of sp³-hybridized carbons (Fsp3) is 0.400. The molecule has 6 aliphatic rings. The van der Waals surface area contributed by atoms with Gasteiger partial charge < -0.3 is 0 Å². The van der Waals surface area contributed by atoms with Crippen molar-refractivity contribution in [1.82, 2.24) is 0 Å². The van der Waals surface area contributed by atoms with E-state index in [9.17, 15) is 0 Å². The minimum atomic E-state index is -0.0142. The van der Waals surface area contributed by atoms with Gasteiger partial charge in [-0.05, 0) is 290 Å². The molecule has 131 heavy (non-hydrogen) atoms. The Bertz CT molecular complexity index is 5600. The number of benzene rings is 12. The van der Waals surface area contributed by atoms with Gasteiger partial charge in [0.05, 0.1) is 0 Å². The second kappa shape index (κ2) is 40.5. The minimum absolute atomic E-state index is 0.0142. The van der Waals surface area contributed by atoms with Crippen LogP contribution in [-0.4, -0.2) is 0 Å². The van der Waals surface area contributed by atoms with Crippen LogP contribution in [0.15, 0.2) is 255 Å². The number of unbranched alkanes of at least 4 members (excludes halogenated alkanes) is 24. The van der Waals surface area contributed by atoms with Gasteiger partial charge in [-0.15, -0.1) is 11.3 Å². The third-order valence-electron chi connectivity index (χ3n) is 32.9. The second-order valence-corrected chi connectivity index (χ2v) is 42.1. The summed E-state index contributed by atoms with van der Waals surface area (Å²) in [4.78, 5) is 0. The highest BCUT2D eigenvalue weighted by Gasteiger charge is 2.47. The molecule has 0 unspecified atom stereocenters. The summed E-state index contributed by atoms with van der Waals surface area (Å²) in [7, 11) is 0. The van der Waals surface area contributed by atoms with Crippen molar-refractivity contribution in [2.24, 2.45) is 0 Å². The van der Waals surface area contributed by atoms with Crippen LogP contribution in [-0.2, 0) is 21.7 Å². The first-order valence-corrected chi connectivity index (χ1v) is 53.8. The normalized spacial score (nSPS) is 14.6. The van der Waals surface area contributed by atoms with E-state index in [-0.39, 0.29) is 21.7 Å². The highest BCUT2D eigenvalue weighted by molar-refractivity contribution is 7.08. The standard InChI is InChI=1S/C130H146S/c1-9-17-25-41-75-127(76-42-26-18-10-2)115-53-37-33-49-103(115)107-69-61-95(87-119(107)127)91-57-65-99-100-66-58-92(96-62-70-108-104-50-34-38-54-116(104)128(120(108)88-96,77-43-27-19-11-3)78-44-28-20-12-4)84-112(100)125(111(99)83-91)123-73-74-124(131-123)126-113-85-93(97-63-71-109-105-51-35-39-55-117(105)129(121(109)89-97,79-45-29-21-13-5)80-46-30-22-14-6)59-67-101(113)102-68-60-94(86-114(102)126)98-64-72-110-106-52-36-40-56-118(106)130(122(110)90-98,81-47-31-23-15-7)82-48-32-24-16-8/h33-40,49-74,83-90H,9-32,41-48,75-82H2,1-8H3. The predicted molar refractivity (Wildman–Crippen MR) is 567 cm³/mol. The molecule has 1 heteroatoms. The van der Waals surface area contributed by atoms with Crippen molar-refractivity contribution in [3.63, 3.8) is 0 Å². The Labute approximate surface area is 792 Å². The van der Waals surface area contributed by atoms with E-state index >= 15 is 0 Å². The average Bonchev–Trinajstić information content (AvgIpc) is 1.55. The van der Waals surface area contributed by atoms with E-state index in [0.29, 0.717) is 0 Å². The van der Waals surface area contributed by atoms with Crippen LogP contribution in [0.25, 0.3) is 122 Å². The van der Waals surface area contributed by atoms with Gasteiger partial charge in [0, 0.05) is 41.9 Å². The van der Waals surface area contributed by atoms with Crippen molar-refractivity contribution in [2.45, 2.75) is 334 Å². The zero-order chi connectivity index (χ0) is 89.5. The Morgan fingerprint density at radius 1 is 0.153 bits per heavy atom. The van der Waals surface area contributed by atoms with E-state index in [1.807, 2.05) is 11.3 Å². The van der Waals surface area contributed by atoms with Crippen molar-refractivity contribution >= 4 is 22.5 Å². The van der Waals surface area contributed by atoms with E-state index < -0.39 is 0 Å². The molecular weight excluding hydrogens is 1590 g/mol. The zero-order valence-corrected chi connectivity index (χ0v) is 81.8. The molecule has 672 valence electrons. The van der Waals surface area contributed by atoms with Crippen molar-refractivity contribution < 1.29 is 0 Å². The lowest BCUT2D eigenvalue weighted by atomic mass is 9.70. The molecule has 0 nitrogen and oxygen atoms in total. The summed E-state index contributed by atoms with van der Waals surface area (Å²) in [6.45, 7) is 18.9. The molecule has 0 amide bonds. The van der Waals surface area contributed by atoms with Gasteiger partial charge in [-0.3, -0.25) is 0 Å². The largest absolute Gasteiger partial charge is 0.135 e. The van der Waals surface area contributed by atoms with Crippen LogP contribution < -0.4 is 9.06 Å². The monoisotopic (exact) mass is 1740 g/mol. The van der Waals surface area contributed by atoms with Crippen LogP contribution in [0.5, 0.6) is 0 Å². The molecule has 0 N–H and O–H groups in total. The molecule has 19 rings (SSSR count). The molecule has 12 aromatic carbocycles. The summed E-state index contributed by atoms with van der Waals surface area (Å²) in [6.07, 6.45) is 50.3. The topological polar surface area (TPSA) is 0 Å². The first-order chi connectivity index (χ1) is 64.6. The van der Waals surface area contributed by atoms with Gasteiger partial charge in [-0.2, -0.15) is 0 Å². The summed E-state index contributed by atoms with van der Waals surface area (Å²) < 4.78 is 2.66. The molecule has 0 fully saturated rings. The van der Waals surface area contributed by atoms with Gasteiger partial charge in [0.1, 0.15) is 0 Å². The molecule has 0 spiro atoms. The number of hydrogen-bond donors (Lipinski definition) is 0. The van der Waals surface area contributed by atoms with Gasteiger partial charge in [-0.1, -0.05) is 455 Å². The molecule has 0 aliphatic heterocycles. The Hall–Kier alpha value is -9.92. The van der Waals surface area contributed by atoms with Crippen molar-refractivity contribution in [3.05, 3.63) is 331 Å². The van der Waals surface area contributed by atoms with Crippen LogP contribution in [0.2, 0.25) is 0 Å². The molecule has 0 bridgehead atoms. The van der Waals surface area contributed by atoms with Gasteiger partial charge >= 0.3 is 0 Å². The first kappa shape index (κ1) is 90.3. The quantitative estimate of drug-likeness (QED) is 0.0334. The van der Waals surface area contributed by atoms with Crippen LogP contribution in [0.4, 0.5) is 0 Å². The number of thiophene rings is 1. The Morgan fingerprint density at radius 3 is 0.527 bits per heavy atom. The summed E-state index contributed by atoms with van der Waals surface area (Å²) in [5.41, 5.74) is 48.0. The summed E-state index contributed by atoms with van der Waals surface area (Å²) in [5, 5.41) is 0. The highest BCUT2D eigenvalue weighted by atomic mass is 32.1. The Morgan fingerprint density at radius 2 is 0.328 bits per heavy atom. The molecule has 0 atom stereocenters. The maximum absolute atomic E-state index is 2.69. The lowest BCUT2D eigenvalue weighted by Crippen LogP contribution is -2.25. The minimum Gasteiger partial charge on any atom is -0.135 e. The molecule has 6 aliphatic carbocycles. The summed E-state index contributed by atoms with van der Waals surface area (Å²) in [5.74, 6) is 0. The third-order valence-corrected chi connectivity index (χ3v) is 34.0. The Kier molecular flexibility index (Phi) is 27.9. The fourth-order valence-electron chi connectivity index (χ4n) is 26.1. The molecule has 1 heterocycles. The van der Waals surface area contributed by atoms with Crippen LogP contribution in [0.1, 0.15) is 379 Å². The average molecular weight is 1740 g/mol. The van der Waals surface area contributed by atoms with Crippen LogP contribution in [0.3, 0.4) is 0 Å². The zero-order valence-electron chi connectivity index (χ0n) is 80.9. The molecular formula is C130H146S. The number of fused-ring (bicyclic) bond motifs is 18. The van der Waals surface area contributed by atoms with Gasteiger partial charge in [-0.25, -0.2) is 0 Å². The number of hydrogen-bond acceptors (Lipinski definition) is 1. The molecule has 0 saturated heterocycles. The summed E-state index contributed by atoms with van der Waals surface area (Å²) >= 11 is 2.04. The predicted octanol–water partition coefficient (Wildman–Crippen LogP) is 37.7. The smallest absolute Gasteiger partial charge is 0.0361 e. The number of rotatable bonds is 44. The maximum Gasteiger partial charge on any atom is 0.0361 e. The lowest BCUT2D eigenvalue weighted by Gasteiger charge is -2.33. The second-order valence-electron chi connectivity index (χ2n) is 41.0. The van der Waals surface area contributed by atoms with Gasteiger partial charge in [0.25, 0.3) is 0 Å². The van der Waals surface area contributed by atoms with Crippen LogP contribution in [0, 0.1) is 0 Å². The Balaban J connectivity index is 0.813. The van der Waals surface area contributed by atoms with Crippen molar-refractivity contribution in [3.8, 4) is 111 Å². The molecule has 0 saturated carbocycles. The lowest BCUT2D eigenvalue weighted by molar-refractivity contribution is 0.401. The summed E-state index contributed by atoms with van der Waals surface area (Å²) in [6, 6.07) is 105. The fourth-order valence-corrected chi connectivity index (χ4v) is 27.3. The van der Waals surface area contributed by atoms with E-state index in [0.717, 1.165) is 0 Å². The first-order valence-electron chi connectivity index (χ1n) is 53.0.